The van der Waals surface area contributed by atoms with E-state index in [0.717, 1.165) is 43.3 Å². The van der Waals surface area contributed by atoms with Crippen molar-refractivity contribution in [1.82, 2.24) is 20.0 Å². The van der Waals surface area contributed by atoms with Gasteiger partial charge in [0.25, 0.3) is 5.91 Å². The second kappa shape index (κ2) is 5.46. The molecule has 7 heteroatoms. The number of halogens is 1. The number of benzene rings is 1. The molecule has 130 valence electrons. The summed E-state index contributed by atoms with van der Waals surface area (Å²) < 4.78 is 0. The molecule has 1 aliphatic carbocycles. The van der Waals surface area contributed by atoms with Crippen LogP contribution in [0.5, 0.6) is 0 Å². The van der Waals surface area contributed by atoms with E-state index >= 15 is 0 Å². The summed E-state index contributed by atoms with van der Waals surface area (Å²) in [5, 5.41) is 8.21. The first-order valence-corrected chi connectivity index (χ1v) is 9.22. The van der Waals surface area contributed by atoms with Crippen LogP contribution in [0, 0.1) is 11.8 Å². The minimum Gasteiger partial charge on any atom is -0.340 e. The Morgan fingerprint density at radius 1 is 1.20 bits per heavy atom. The van der Waals surface area contributed by atoms with Gasteiger partial charge in [-0.3, -0.25) is 14.7 Å². The molecule has 3 fully saturated rings. The molecular formula is C18H19ClN4O2. The Hall–Kier alpha value is -2.08. The first kappa shape index (κ1) is 15.2. The van der Waals surface area contributed by atoms with E-state index in [0.29, 0.717) is 23.0 Å². The second-order valence-corrected chi connectivity index (χ2v) is 7.83. The van der Waals surface area contributed by atoms with E-state index in [1.807, 2.05) is 15.9 Å². The van der Waals surface area contributed by atoms with Gasteiger partial charge in [0.1, 0.15) is 0 Å². The number of hydrogen-bond acceptors (Lipinski definition) is 3. The summed E-state index contributed by atoms with van der Waals surface area (Å²) in [5.74, 6) is 0.915. The van der Waals surface area contributed by atoms with Gasteiger partial charge in [-0.25, -0.2) is 0 Å². The molecule has 1 N–H and O–H groups in total. The smallest absolute Gasteiger partial charge is 0.254 e. The second-order valence-electron chi connectivity index (χ2n) is 7.42. The SMILES string of the molecule is O=C(C1CC1)N1CC2CCN(C(=O)c3cc(Cl)c4cn[nH]c4c3)C2C1. The summed E-state index contributed by atoms with van der Waals surface area (Å²) >= 11 is 6.29. The Kier molecular flexibility index (Phi) is 3.32. The molecule has 2 atom stereocenters. The number of aromatic amines is 1. The van der Waals surface area contributed by atoms with Crippen LogP contribution in [0.3, 0.4) is 0 Å². The zero-order chi connectivity index (χ0) is 17.1. The maximum atomic E-state index is 13.1. The van der Waals surface area contributed by atoms with E-state index in [4.69, 9.17) is 11.6 Å². The molecule has 2 aromatic rings. The zero-order valence-corrected chi connectivity index (χ0v) is 14.5. The van der Waals surface area contributed by atoms with E-state index in [1.165, 1.54) is 0 Å². The maximum Gasteiger partial charge on any atom is 0.254 e. The topological polar surface area (TPSA) is 69.3 Å². The van der Waals surface area contributed by atoms with Crippen LogP contribution in [0.15, 0.2) is 18.3 Å². The number of H-pyrrole nitrogens is 1. The van der Waals surface area contributed by atoms with Crippen LogP contribution >= 0.6 is 11.6 Å². The van der Waals surface area contributed by atoms with Crippen molar-refractivity contribution in [3.63, 3.8) is 0 Å². The number of rotatable bonds is 2. The molecule has 5 rings (SSSR count). The largest absolute Gasteiger partial charge is 0.340 e. The molecule has 0 bridgehead atoms. The number of carbonyl (C=O) groups excluding carboxylic acids is 2. The summed E-state index contributed by atoms with van der Waals surface area (Å²) in [6.45, 7) is 2.22. The summed E-state index contributed by atoms with van der Waals surface area (Å²) in [5.41, 5.74) is 1.35. The Bertz CT molecular complexity index is 875. The van der Waals surface area contributed by atoms with Crippen molar-refractivity contribution in [1.29, 1.82) is 0 Å². The molecule has 0 spiro atoms. The Morgan fingerprint density at radius 3 is 2.84 bits per heavy atom. The fraction of sp³-hybridized carbons (Fsp3) is 0.500. The van der Waals surface area contributed by atoms with Crippen LogP contribution in [0.2, 0.25) is 5.02 Å². The molecule has 1 saturated carbocycles. The molecular weight excluding hydrogens is 340 g/mol. The van der Waals surface area contributed by atoms with Crippen molar-refractivity contribution in [3.8, 4) is 0 Å². The monoisotopic (exact) mass is 358 g/mol. The number of fused-ring (bicyclic) bond motifs is 2. The molecule has 1 aromatic carbocycles. The molecule has 2 aliphatic heterocycles. The summed E-state index contributed by atoms with van der Waals surface area (Å²) in [4.78, 5) is 29.3. The van der Waals surface area contributed by atoms with Crippen molar-refractivity contribution in [3.05, 3.63) is 28.9 Å². The van der Waals surface area contributed by atoms with E-state index in [1.54, 1.807) is 12.3 Å². The number of hydrogen-bond donors (Lipinski definition) is 1. The van der Waals surface area contributed by atoms with E-state index in [9.17, 15) is 9.59 Å². The van der Waals surface area contributed by atoms with Crippen LogP contribution in [-0.2, 0) is 4.79 Å². The van der Waals surface area contributed by atoms with Gasteiger partial charge in [0.15, 0.2) is 0 Å². The molecule has 3 aliphatic rings. The van der Waals surface area contributed by atoms with Crippen LogP contribution in [-0.4, -0.2) is 57.5 Å². The number of amides is 2. The normalized spacial score (nSPS) is 25.6. The third kappa shape index (κ3) is 2.42. The quantitative estimate of drug-likeness (QED) is 0.895. The predicted molar refractivity (Wildman–Crippen MR) is 93.3 cm³/mol. The molecule has 1 aromatic heterocycles. The number of carbonyl (C=O) groups is 2. The average Bonchev–Trinajstić information content (AvgIpc) is 3.02. The maximum absolute atomic E-state index is 13.1. The molecule has 0 radical (unpaired) electrons. The van der Waals surface area contributed by atoms with Gasteiger partial charge in [-0.05, 0) is 31.4 Å². The average molecular weight is 359 g/mol. The first-order valence-electron chi connectivity index (χ1n) is 8.84. The third-order valence-corrected chi connectivity index (χ3v) is 6.11. The van der Waals surface area contributed by atoms with E-state index < -0.39 is 0 Å². The summed E-state index contributed by atoms with van der Waals surface area (Å²) in [6, 6.07) is 3.66. The summed E-state index contributed by atoms with van der Waals surface area (Å²) in [6.07, 6.45) is 4.67. The standard InChI is InChI=1S/C18H19ClN4O2/c19-14-5-12(6-15-13(14)7-20-21-15)18(25)23-4-3-11-8-22(9-16(11)23)17(24)10-1-2-10/h5-7,10-11,16H,1-4,8-9H2,(H,20,21). The van der Waals surface area contributed by atoms with Gasteiger partial charge in [-0.15, -0.1) is 0 Å². The highest BCUT2D eigenvalue weighted by atomic mass is 35.5. The lowest BCUT2D eigenvalue weighted by Crippen LogP contribution is -2.41. The van der Waals surface area contributed by atoms with Gasteiger partial charge >= 0.3 is 0 Å². The van der Waals surface area contributed by atoms with E-state index in [-0.39, 0.29) is 23.8 Å². The van der Waals surface area contributed by atoms with Gasteiger partial charge < -0.3 is 9.80 Å². The van der Waals surface area contributed by atoms with Crippen molar-refractivity contribution < 1.29 is 9.59 Å². The van der Waals surface area contributed by atoms with Gasteiger partial charge in [-0.2, -0.15) is 5.10 Å². The fourth-order valence-corrected chi connectivity index (χ4v) is 4.55. The number of nitrogens with one attached hydrogen (secondary N) is 1. The minimum atomic E-state index is -0.00776. The number of aromatic nitrogens is 2. The molecule has 3 heterocycles. The highest BCUT2D eigenvalue weighted by Gasteiger charge is 2.47. The third-order valence-electron chi connectivity index (χ3n) is 5.80. The highest BCUT2D eigenvalue weighted by molar-refractivity contribution is 6.35. The zero-order valence-electron chi connectivity index (χ0n) is 13.7. The van der Waals surface area contributed by atoms with Crippen molar-refractivity contribution >= 4 is 34.3 Å². The minimum absolute atomic E-state index is 0.00776. The Morgan fingerprint density at radius 2 is 2.04 bits per heavy atom. The lowest BCUT2D eigenvalue weighted by molar-refractivity contribution is -0.131. The van der Waals surface area contributed by atoms with Crippen LogP contribution in [0.1, 0.15) is 29.6 Å². The molecule has 2 saturated heterocycles. The predicted octanol–water partition coefficient (Wildman–Crippen LogP) is 2.30. The lowest BCUT2D eigenvalue weighted by Gasteiger charge is -2.25. The fourth-order valence-electron chi connectivity index (χ4n) is 4.28. The van der Waals surface area contributed by atoms with Crippen LogP contribution in [0.25, 0.3) is 10.9 Å². The molecule has 25 heavy (non-hydrogen) atoms. The van der Waals surface area contributed by atoms with Crippen molar-refractivity contribution in [2.24, 2.45) is 11.8 Å². The van der Waals surface area contributed by atoms with Crippen LogP contribution in [0.4, 0.5) is 0 Å². The summed E-state index contributed by atoms with van der Waals surface area (Å²) in [7, 11) is 0. The van der Waals surface area contributed by atoms with Gasteiger partial charge in [0.2, 0.25) is 5.91 Å². The van der Waals surface area contributed by atoms with Gasteiger partial charge in [0.05, 0.1) is 22.8 Å². The molecule has 6 nitrogen and oxygen atoms in total. The lowest BCUT2D eigenvalue weighted by atomic mass is 10.0. The van der Waals surface area contributed by atoms with Gasteiger partial charge in [-0.1, -0.05) is 11.6 Å². The number of nitrogens with zero attached hydrogens (tertiary/aromatic N) is 3. The van der Waals surface area contributed by atoms with Crippen LogP contribution < -0.4 is 0 Å². The molecule has 2 amide bonds. The Labute approximate surface area is 150 Å². The molecule has 2 unspecified atom stereocenters. The van der Waals surface area contributed by atoms with E-state index in [2.05, 4.69) is 10.2 Å². The van der Waals surface area contributed by atoms with Crippen molar-refractivity contribution in [2.75, 3.05) is 19.6 Å². The highest BCUT2D eigenvalue weighted by Crippen LogP contribution is 2.37. The van der Waals surface area contributed by atoms with Gasteiger partial charge in [0, 0.05) is 42.4 Å². The van der Waals surface area contributed by atoms with Crippen molar-refractivity contribution in [2.45, 2.75) is 25.3 Å². The Balaban J connectivity index is 1.39. The number of likely N-dealkylation sites (tertiary alicyclic amines) is 2. The first-order chi connectivity index (χ1) is 12.1.